The van der Waals surface area contributed by atoms with Crippen LogP contribution in [0.3, 0.4) is 0 Å². The Hall–Kier alpha value is -1.94. The zero-order valence-corrected chi connectivity index (χ0v) is 12.7. The van der Waals surface area contributed by atoms with Gasteiger partial charge in [-0.25, -0.2) is 0 Å². The minimum atomic E-state index is 0.625. The molecule has 0 saturated carbocycles. The number of rotatable bonds is 8. The number of pyridine rings is 2. The van der Waals surface area contributed by atoms with Crippen molar-refractivity contribution in [3.05, 3.63) is 54.1 Å². The molecule has 112 valence electrons. The zero-order valence-electron chi connectivity index (χ0n) is 12.7. The molecular weight excluding hydrogens is 262 g/mol. The Bertz CT molecular complexity index is 529. The third-order valence-corrected chi connectivity index (χ3v) is 3.00. The lowest BCUT2D eigenvalue weighted by molar-refractivity contribution is 0.319. The van der Waals surface area contributed by atoms with E-state index in [2.05, 4.69) is 29.1 Å². The molecule has 21 heavy (non-hydrogen) atoms. The molecule has 0 bridgehead atoms. The van der Waals surface area contributed by atoms with E-state index in [1.807, 2.05) is 30.3 Å². The van der Waals surface area contributed by atoms with Crippen molar-refractivity contribution in [2.24, 2.45) is 5.92 Å². The van der Waals surface area contributed by atoms with Crippen molar-refractivity contribution in [3.63, 3.8) is 0 Å². The highest BCUT2D eigenvalue weighted by molar-refractivity contribution is 5.22. The molecule has 0 fully saturated rings. The molecule has 0 spiro atoms. The summed E-state index contributed by atoms with van der Waals surface area (Å²) in [4.78, 5) is 8.63. The van der Waals surface area contributed by atoms with Crippen molar-refractivity contribution in [1.82, 2.24) is 15.3 Å². The molecule has 2 aromatic rings. The molecule has 1 N–H and O–H groups in total. The first-order chi connectivity index (χ1) is 10.2. The van der Waals surface area contributed by atoms with Crippen LogP contribution in [0.15, 0.2) is 42.7 Å². The van der Waals surface area contributed by atoms with Crippen LogP contribution in [0.2, 0.25) is 0 Å². The lowest BCUT2D eigenvalue weighted by atomic mass is 10.2. The van der Waals surface area contributed by atoms with Gasteiger partial charge in [0.25, 0.3) is 0 Å². The molecule has 0 aromatic carbocycles. The maximum Gasteiger partial charge on any atom is 0.122 e. The molecule has 2 aromatic heterocycles. The number of nitrogens with zero attached hydrogens (tertiary/aromatic N) is 2. The van der Waals surface area contributed by atoms with Crippen LogP contribution in [0.1, 0.15) is 25.2 Å². The molecule has 0 atom stereocenters. The van der Waals surface area contributed by atoms with E-state index < -0.39 is 0 Å². The molecule has 0 aliphatic rings. The molecule has 0 saturated heterocycles. The van der Waals surface area contributed by atoms with Gasteiger partial charge in [0.2, 0.25) is 0 Å². The van der Waals surface area contributed by atoms with E-state index in [4.69, 9.17) is 4.74 Å². The van der Waals surface area contributed by atoms with Gasteiger partial charge in [-0.2, -0.15) is 0 Å². The summed E-state index contributed by atoms with van der Waals surface area (Å²) in [7, 11) is 0. The van der Waals surface area contributed by atoms with Crippen LogP contribution in [0.4, 0.5) is 0 Å². The second-order valence-corrected chi connectivity index (χ2v) is 5.43. The van der Waals surface area contributed by atoms with Crippen molar-refractivity contribution in [1.29, 1.82) is 0 Å². The predicted molar refractivity (Wildman–Crippen MR) is 84.2 cm³/mol. The maximum atomic E-state index is 5.77. The van der Waals surface area contributed by atoms with E-state index in [0.29, 0.717) is 12.5 Å². The molecule has 4 nitrogen and oxygen atoms in total. The average molecular weight is 285 g/mol. The Morgan fingerprint density at radius 1 is 1.10 bits per heavy atom. The lowest BCUT2D eigenvalue weighted by Gasteiger charge is -2.09. The highest BCUT2D eigenvalue weighted by atomic mass is 16.5. The first-order valence-corrected chi connectivity index (χ1v) is 7.42. The second-order valence-electron chi connectivity index (χ2n) is 5.43. The van der Waals surface area contributed by atoms with Crippen LogP contribution in [0.25, 0.3) is 0 Å². The quantitative estimate of drug-likeness (QED) is 0.810. The first kappa shape index (κ1) is 15.4. The van der Waals surface area contributed by atoms with Gasteiger partial charge in [0.15, 0.2) is 0 Å². The molecule has 0 amide bonds. The number of hydrogen-bond acceptors (Lipinski definition) is 4. The number of nitrogens with one attached hydrogen (secondary N) is 1. The van der Waals surface area contributed by atoms with Crippen molar-refractivity contribution < 1.29 is 4.74 Å². The van der Waals surface area contributed by atoms with Crippen LogP contribution >= 0.6 is 0 Å². The molecule has 0 aliphatic carbocycles. The zero-order chi connectivity index (χ0) is 14.9. The Morgan fingerprint density at radius 3 is 2.71 bits per heavy atom. The third kappa shape index (κ3) is 5.92. The van der Waals surface area contributed by atoms with Crippen LogP contribution in [-0.2, 0) is 13.0 Å². The van der Waals surface area contributed by atoms with Gasteiger partial charge in [0.05, 0.1) is 12.3 Å². The van der Waals surface area contributed by atoms with Gasteiger partial charge in [-0.1, -0.05) is 19.9 Å². The van der Waals surface area contributed by atoms with Crippen molar-refractivity contribution in [3.8, 4) is 5.75 Å². The number of ether oxygens (including phenoxy) is 1. The lowest BCUT2D eigenvalue weighted by Crippen LogP contribution is -2.19. The van der Waals surface area contributed by atoms with E-state index in [-0.39, 0.29) is 0 Å². The van der Waals surface area contributed by atoms with Crippen molar-refractivity contribution >= 4 is 0 Å². The standard InChI is InChI=1S/C17H23N3O/c1-14(2)12-18-13-16-11-17(6-9-20-16)21-10-7-15-5-3-4-8-19-15/h3-6,8-9,11,14,18H,7,10,12-13H2,1-2H3. The normalized spacial score (nSPS) is 10.8. The molecule has 2 rings (SSSR count). The van der Waals surface area contributed by atoms with E-state index in [9.17, 15) is 0 Å². The Kier molecular flexibility index (Phi) is 6.16. The molecule has 2 heterocycles. The van der Waals surface area contributed by atoms with Crippen LogP contribution in [0, 0.1) is 5.92 Å². The van der Waals surface area contributed by atoms with Crippen LogP contribution in [0.5, 0.6) is 5.75 Å². The van der Waals surface area contributed by atoms with Gasteiger partial charge in [0, 0.05) is 37.1 Å². The second kappa shape index (κ2) is 8.37. The highest BCUT2D eigenvalue weighted by Crippen LogP contribution is 2.11. The first-order valence-electron chi connectivity index (χ1n) is 7.42. The minimum absolute atomic E-state index is 0.625. The smallest absolute Gasteiger partial charge is 0.122 e. The molecular formula is C17H23N3O. The summed E-state index contributed by atoms with van der Waals surface area (Å²) < 4.78 is 5.77. The molecule has 0 unspecified atom stereocenters. The van der Waals surface area contributed by atoms with Crippen molar-refractivity contribution in [2.45, 2.75) is 26.8 Å². The van der Waals surface area contributed by atoms with E-state index >= 15 is 0 Å². The predicted octanol–water partition coefficient (Wildman–Crippen LogP) is 2.84. The van der Waals surface area contributed by atoms with Crippen molar-refractivity contribution in [2.75, 3.05) is 13.2 Å². The Labute approximate surface area is 126 Å². The molecule has 0 radical (unpaired) electrons. The van der Waals surface area contributed by atoms with Gasteiger partial charge in [-0.3, -0.25) is 9.97 Å². The van der Waals surface area contributed by atoms with Crippen LogP contribution in [-0.4, -0.2) is 23.1 Å². The largest absolute Gasteiger partial charge is 0.493 e. The molecule has 4 heteroatoms. The van der Waals surface area contributed by atoms with Crippen LogP contribution < -0.4 is 10.1 Å². The van der Waals surface area contributed by atoms with E-state index in [0.717, 1.165) is 36.6 Å². The monoisotopic (exact) mass is 285 g/mol. The summed E-state index contributed by atoms with van der Waals surface area (Å²) in [5.41, 5.74) is 2.05. The summed E-state index contributed by atoms with van der Waals surface area (Å²) in [5.74, 6) is 1.50. The van der Waals surface area contributed by atoms with E-state index in [1.165, 1.54) is 0 Å². The Balaban J connectivity index is 1.78. The summed E-state index contributed by atoms with van der Waals surface area (Å²) in [6, 6.07) is 9.81. The summed E-state index contributed by atoms with van der Waals surface area (Å²) in [6.45, 7) is 6.77. The topological polar surface area (TPSA) is 47.0 Å². The fourth-order valence-electron chi connectivity index (χ4n) is 1.95. The maximum absolute atomic E-state index is 5.77. The Morgan fingerprint density at radius 2 is 1.95 bits per heavy atom. The van der Waals surface area contributed by atoms with Gasteiger partial charge < -0.3 is 10.1 Å². The number of aromatic nitrogens is 2. The summed E-state index contributed by atoms with van der Waals surface area (Å²) in [6.07, 6.45) is 4.41. The average Bonchev–Trinajstić information content (AvgIpc) is 2.48. The van der Waals surface area contributed by atoms with Gasteiger partial charge in [-0.15, -0.1) is 0 Å². The van der Waals surface area contributed by atoms with Gasteiger partial charge >= 0.3 is 0 Å². The summed E-state index contributed by atoms with van der Waals surface area (Å²) >= 11 is 0. The van der Waals surface area contributed by atoms with Gasteiger partial charge in [0.1, 0.15) is 5.75 Å². The summed E-state index contributed by atoms with van der Waals surface area (Å²) in [5, 5.41) is 3.38. The number of hydrogen-bond donors (Lipinski definition) is 1. The fraction of sp³-hybridized carbons (Fsp3) is 0.412. The highest BCUT2D eigenvalue weighted by Gasteiger charge is 2.00. The third-order valence-electron chi connectivity index (χ3n) is 3.00. The van der Waals surface area contributed by atoms with Gasteiger partial charge in [-0.05, 0) is 30.7 Å². The minimum Gasteiger partial charge on any atom is -0.493 e. The SMILES string of the molecule is CC(C)CNCc1cc(OCCc2ccccn2)ccn1. The van der Waals surface area contributed by atoms with E-state index in [1.54, 1.807) is 12.4 Å². The molecule has 0 aliphatic heterocycles. The fourth-order valence-corrected chi connectivity index (χ4v) is 1.95.